The highest BCUT2D eigenvalue weighted by molar-refractivity contribution is 5.93. The Morgan fingerprint density at radius 2 is 2.05 bits per heavy atom. The number of hydrogen-bond acceptors (Lipinski definition) is 6. The van der Waals surface area contributed by atoms with Crippen molar-refractivity contribution in [2.24, 2.45) is 0 Å². The van der Waals surface area contributed by atoms with Gasteiger partial charge < -0.3 is 20.1 Å². The van der Waals surface area contributed by atoms with Crippen molar-refractivity contribution >= 4 is 17.3 Å². The molecule has 1 aromatic carbocycles. The molecule has 0 aliphatic carbocycles. The number of carbonyl (C=O) groups excluding carboxylic acids is 1. The Bertz CT molecular complexity index is 610. The van der Waals surface area contributed by atoms with Crippen LogP contribution in [0.3, 0.4) is 0 Å². The Hall–Kier alpha value is -3.03. The summed E-state index contributed by atoms with van der Waals surface area (Å²) in [5, 5.41) is 22.7. The van der Waals surface area contributed by atoms with Crippen molar-refractivity contribution in [2.45, 2.75) is 0 Å². The third-order valence-electron chi connectivity index (χ3n) is 2.38. The summed E-state index contributed by atoms with van der Waals surface area (Å²) in [6.45, 7) is -0.0560. The van der Waals surface area contributed by atoms with Crippen molar-refractivity contribution in [3.63, 3.8) is 0 Å². The lowest BCUT2D eigenvalue weighted by Gasteiger charge is -2.11. The molecule has 1 aromatic rings. The summed E-state index contributed by atoms with van der Waals surface area (Å²) in [4.78, 5) is 11.5. The van der Waals surface area contributed by atoms with E-state index < -0.39 is 0 Å². The van der Waals surface area contributed by atoms with Gasteiger partial charge in [-0.3, -0.25) is 4.79 Å². The van der Waals surface area contributed by atoms with E-state index in [1.54, 1.807) is 30.3 Å². The van der Waals surface area contributed by atoms with Crippen LogP contribution in [-0.4, -0.2) is 26.7 Å². The maximum absolute atomic E-state index is 11.5. The van der Waals surface area contributed by atoms with Crippen molar-refractivity contribution in [1.82, 2.24) is 0 Å². The van der Waals surface area contributed by atoms with Crippen LogP contribution in [-0.2, 0) is 9.53 Å². The van der Waals surface area contributed by atoms with Crippen molar-refractivity contribution < 1.29 is 14.3 Å². The molecule has 1 amide bonds. The standard InChI is InChI=1S/C14H14N4O3/c1-20-9-14(19)18-12-4-3-11(5-13(12)21-2)17-8-10(6-15)7-16/h3-5,8,17H,9H2,1-2H3,(H,18,19). The van der Waals surface area contributed by atoms with E-state index in [9.17, 15) is 4.79 Å². The fourth-order valence-electron chi connectivity index (χ4n) is 1.45. The second-order valence-corrected chi connectivity index (χ2v) is 3.82. The summed E-state index contributed by atoms with van der Waals surface area (Å²) in [7, 11) is 2.90. The van der Waals surface area contributed by atoms with E-state index in [-0.39, 0.29) is 18.1 Å². The van der Waals surface area contributed by atoms with Crippen LogP contribution in [0.2, 0.25) is 0 Å². The maximum Gasteiger partial charge on any atom is 0.250 e. The predicted octanol–water partition coefficient (Wildman–Crippen LogP) is 1.62. The van der Waals surface area contributed by atoms with Gasteiger partial charge in [0.05, 0.1) is 12.8 Å². The van der Waals surface area contributed by atoms with Crippen molar-refractivity contribution in [3.05, 3.63) is 30.0 Å². The minimum absolute atomic E-state index is 0.0496. The zero-order valence-electron chi connectivity index (χ0n) is 11.6. The highest BCUT2D eigenvalue weighted by Crippen LogP contribution is 2.28. The van der Waals surface area contributed by atoms with E-state index in [1.165, 1.54) is 20.4 Å². The van der Waals surface area contributed by atoms with Crippen molar-refractivity contribution in [1.29, 1.82) is 10.5 Å². The third kappa shape index (κ3) is 4.86. The molecule has 0 heterocycles. The second-order valence-electron chi connectivity index (χ2n) is 3.82. The Kier molecular flexibility index (Phi) is 6.26. The molecular weight excluding hydrogens is 272 g/mol. The van der Waals surface area contributed by atoms with Gasteiger partial charge in [0.2, 0.25) is 5.91 Å². The molecule has 0 aliphatic rings. The first-order chi connectivity index (χ1) is 10.1. The number of methoxy groups -OCH3 is 2. The molecule has 0 spiro atoms. The van der Waals surface area contributed by atoms with Crippen LogP contribution in [0.4, 0.5) is 11.4 Å². The molecule has 0 aliphatic heterocycles. The number of anilines is 2. The lowest BCUT2D eigenvalue weighted by Crippen LogP contribution is -2.17. The zero-order chi connectivity index (χ0) is 15.7. The number of rotatable bonds is 6. The van der Waals surface area contributed by atoms with Crippen LogP contribution in [0.25, 0.3) is 0 Å². The number of amides is 1. The SMILES string of the molecule is COCC(=O)Nc1ccc(NC=C(C#N)C#N)cc1OC. The van der Waals surface area contributed by atoms with Crippen molar-refractivity contribution in [3.8, 4) is 17.9 Å². The first-order valence-corrected chi connectivity index (χ1v) is 5.88. The molecule has 0 saturated heterocycles. The summed E-state index contributed by atoms with van der Waals surface area (Å²) >= 11 is 0. The van der Waals surface area contributed by atoms with E-state index in [4.69, 9.17) is 20.0 Å². The van der Waals surface area contributed by atoms with Gasteiger partial charge in [-0.1, -0.05) is 0 Å². The third-order valence-corrected chi connectivity index (χ3v) is 2.38. The number of hydrogen-bond donors (Lipinski definition) is 2. The van der Waals surface area contributed by atoms with Gasteiger partial charge in [0.1, 0.15) is 30.1 Å². The van der Waals surface area contributed by atoms with Crippen molar-refractivity contribution in [2.75, 3.05) is 31.5 Å². The quantitative estimate of drug-likeness (QED) is 0.769. The molecule has 7 heteroatoms. The summed E-state index contributed by atoms with van der Waals surface area (Å²) in [5.74, 6) is 0.140. The highest BCUT2D eigenvalue weighted by atomic mass is 16.5. The lowest BCUT2D eigenvalue weighted by molar-refractivity contribution is -0.119. The Labute approximate surface area is 122 Å². The van der Waals surface area contributed by atoms with E-state index >= 15 is 0 Å². The van der Waals surface area contributed by atoms with E-state index in [0.717, 1.165) is 0 Å². The number of nitrogens with zero attached hydrogens (tertiary/aromatic N) is 2. The van der Waals surface area contributed by atoms with E-state index in [0.29, 0.717) is 17.1 Å². The highest BCUT2D eigenvalue weighted by Gasteiger charge is 2.08. The first-order valence-electron chi connectivity index (χ1n) is 5.88. The average Bonchev–Trinajstić information content (AvgIpc) is 2.49. The number of ether oxygens (including phenoxy) is 2. The van der Waals surface area contributed by atoms with Gasteiger partial charge in [-0.2, -0.15) is 10.5 Å². The lowest BCUT2D eigenvalue weighted by atomic mass is 10.2. The molecule has 21 heavy (non-hydrogen) atoms. The topological polar surface area (TPSA) is 107 Å². The van der Waals surface area contributed by atoms with Crippen LogP contribution in [0.1, 0.15) is 0 Å². The van der Waals surface area contributed by atoms with E-state index in [1.807, 2.05) is 0 Å². The number of nitriles is 2. The molecule has 0 saturated carbocycles. The Morgan fingerprint density at radius 3 is 2.62 bits per heavy atom. The zero-order valence-corrected chi connectivity index (χ0v) is 11.6. The molecule has 2 N–H and O–H groups in total. The van der Waals surface area contributed by atoms with Gasteiger partial charge in [-0.25, -0.2) is 0 Å². The van der Waals surface area contributed by atoms with Gasteiger partial charge in [0.25, 0.3) is 0 Å². The normalized spacial score (nSPS) is 8.95. The van der Waals surface area contributed by atoms with Crippen LogP contribution in [0.5, 0.6) is 5.75 Å². The maximum atomic E-state index is 11.5. The predicted molar refractivity (Wildman–Crippen MR) is 76.4 cm³/mol. The molecule has 0 aromatic heterocycles. The van der Waals surface area contributed by atoms with Gasteiger partial charge in [-0.15, -0.1) is 0 Å². The molecule has 0 unspecified atom stereocenters. The van der Waals surface area contributed by atoms with Crippen LogP contribution in [0.15, 0.2) is 30.0 Å². The van der Waals surface area contributed by atoms with Gasteiger partial charge >= 0.3 is 0 Å². The van der Waals surface area contributed by atoms with Crippen LogP contribution < -0.4 is 15.4 Å². The molecule has 0 fully saturated rings. The number of benzene rings is 1. The van der Waals surface area contributed by atoms with Crippen LogP contribution >= 0.6 is 0 Å². The van der Waals surface area contributed by atoms with Gasteiger partial charge in [-0.05, 0) is 12.1 Å². The molecule has 0 bridgehead atoms. The summed E-state index contributed by atoms with van der Waals surface area (Å²) in [6, 6.07) is 8.42. The van der Waals surface area contributed by atoms with Gasteiger partial charge in [0, 0.05) is 25.1 Å². The minimum atomic E-state index is -0.298. The average molecular weight is 286 g/mol. The number of carbonyl (C=O) groups is 1. The molecule has 7 nitrogen and oxygen atoms in total. The fourth-order valence-corrected chi connectivity index (χ4v) is 1.45. The monoisotopic (exact) mass is 286 g/mol. The number of nitrogens with one attached hydrogen (secondary N) is 2. The molecule has 108 valence electrons. The fraction of sp³-hybridized carbons (Fsp3) is 0.214. The van der Waals surface area contributed by atoms with Gasteiger partial charge in [0.15, 0.2) is 0 Å². The summed E-state index contributed by atoms with van der Waals surface area (Å²) < 4.78 is 9.91. The van der Waals surface area contributed by atoms with Crippen LogP contribution in [0, 0.1) is 22.7 Å². The second kappa shape index (κ2) is 8.20. The molecular formula is C14H14N4O3. The number of allylic oxidation sites excluding steroid dienone is 1. The molecule has 0 radical (unpaired) electrons. The Balaban J connectivity index is 2.89. The summed E-state index contributed by atoms with van der Waals surface area (Å²) in [5.41, 5.74) is 1.06. The minimum Gasteiger partial charge on any atom is -0.494 e. The smallest absolute Gasteiger partial charge is 0.250 e. The molecule has 1 rings (SSSR count). The summed E-state index contributed by atoms with van der Waals surface area (Å²) in [6.07, 6.45) is 1.29. The first kappa shape index (κ1) is 16.0. The molecule has 0 atom stereocenters. The van der Waals surface area contributed by atoms with E-state index in [2.05, 4.69) is 10.6 Å². The Morgan fingerprint density at radius 1 is 1.33 bits per heavy atom. The largest absolute Gasteiger partial charge is 0.494 e.